The first-order chi connectivity index (χ1) is 10.6. The minimum absolute atomic E-state index is 0.165. The van der Waals surface area contributed by atoms with E-state index in [2.05, 4.69) is 10.0 Å². The molecule has 8 heteroatoms. The van der Waals surface area contributed by atoms with Crippen molar-refractivity contribution in [3.05, 3.63) is 18.2 Å². The Morgan fingerprint density at radius 3 is 2.77 bits per heavy atom. The number of hydrogen-bond acceptors (Lipinski definition) is 6. The van der Waals surface area contributed by atoms with Crippen molar-refractivity contribution < 1.29 is 22.6 Å². The molecular weight excluding hydrogens is 308 g/mol. The number of fused-ring (bicyclic) bond motifs is 1. The van der Waals surface area contributed by atoms with E-state index in [4.69, 9.17) is 14.2 Å². The van der Waals surface area contributed by atoms with Crippen molar-refractivity contribution >= 4 is 10.0 Å². The van der Waals surface area contributed by atoms with Crippen LogP contribution in [0, 0.1) is 0 Å². The third-order valence-corrected chi connectivity index (χ3v) is 5.28. The van der Waals surface area contributed by atoms with Gasteiger partial charge in [0, 0.05) is 32.7 Å². The first-order valence-corrected chi connectivity index (χ1v) is 8.74. The van der Waals surface area contributed by atoms with E-state index < -0.39 is 10.0 Å². The van der Waals surface area contributed by atoms with Gasteiger partial charge in [0.25, 0.3) is 0 Å². The average Bonchev–Trinajstić information content (AvgIpc) is 2.80. The highest BCUT2D eigenvalue weighted by Gasteiger charge is 2.31. The van der Waals surface area contributed by atoms with Crippen LogP contribution in [0.15, 0.2) is 23.1 Å². The van der Waals surface area contributed by atoms with Crippen LogP contribution in [0.1, 0.15) is 6.42 Å². The number of sulfonamides is 1. The molecule has 0 spiro atoms. The molecule has 0 unspecified atom stereocenters. The summed E-state index contributed by atoms with van der Waals surface area (Å²) in [7, 11) is -2.06. The molecule has 0 aromatic heterocycles. The molecule has 0 aliphatic carbocycles. The molecule has 1 fully saturated rings. The van der Waals surface area contributed by atoms with Crippen molar-refractivity contribution in [2.45, 2.75) is 23.5 Å². The molecule has 1 aromatic rings. The Kier molecular flexibility index (Phi) is 4.53. The van der Waals surface area contributed by atoms with E-state index >= 15 is 0 Å². The molecule has 2 aliphatic heterocycles. The van der Waals surface area contributed by atoms with Crippen LogP contribution in [0.3, 0.4) is 0 Å². The lowest BCUT2D eigenvalue weighted by Crippen LogP contribution is -2.43. The summed E-state index contributed by atoms with van der Waals surface area (Å²) in [6, 6.07) is 4.38. The number of methoxy groups -OCH3 is 1. The minimum Gasteiger partial charge on any atom is -0.490 e. The molecule has 0 saturated carbocycles. The summed E-state index contributed by atoms with van der Waals surface area (Å²) in [6.45, 7) is 2.26. The van der Waals surface area contributed by atoms with Crippen LogP contribution in [-0.2, 0) is 14.8 Å². The van der Waals surface area contributed by atoms with Crippen molar-refractivity contribution in [2.75, 3.05) is 33.4 Å². The number of hydrogen-bond donors (Lipinski definition) is 2. The summed E-state index contributed by atoms with van der Waals surface area (Å²) in [4.78, 5) is 0.165. The van der Waals surface area contributed by atoms with Crippen molar-refractivity contribution in [3.63, 3.8) is 0 Å². The maximum atomic E-state index is 12.5. The second-order valence-electron chi connectivity index (χ2n) is 5.32. The molecule has 0 bridgehead atoms. The summed E-state index contributed by atoms with van der Waals surface area (Å²) in [5, 5.41) is 3.11. The van der Waals surface area contributed by atoms with Gasteiger partial charge >= 0.3 is 0 Å². The standard InChI is InChI=1S/C14H20N2O5S/c1-19-14-9-15-8-11(14)16-22(17,18)10-3-4-12-13(7-10)21-6-2-5-20-12/h3-4,7,11,14-16H,2,5-6,8-9H2,1H3/t11-,14-/m0/s1. The Bertz CT molecular complexity index is 634. The Balaban J connectivity index is 1.81. The predicted molar refractivity (Wildman–Crippen MR) is 79.8 cm³/mol. The van der Waals surface area contributed by atoms with E-state index in [0.717, 1.165) is 6.42 Å². The van der Waals surface area contributed by atoms with E-state index in [0.29, 0.717) is 37.8 Å². The molecule has 0 radical (unpaired) electrons. The zero-order valence-electron chi connectivity index (χ0n) is 12.4. The number of rotatable bonds is 4. The number of benzene rings is 1. The lowest BCUT2D eigenvalue weighted by molar-refractivity contribution is 0.103. The Hall–Kier alpha value is -1.35. The third kappa shape index (κ3) is 3.19. The maximum Gasteiger partial charge on any atom is 0.241 e. The minimum atomic E-state index is -3.64. The van der Waals surface area contributed by atoms with E-state index in [1.807, 2.05) is 0 Å². The number of nitrogens with one attached hydrogen (secondary N) is 2. The average molecular weight is 328 g/mol. The summed E-state index contributed by atoms with van der Waals surface area (Å²) in [5.74, 6) is 1.04. The zero-order chi connectivity index (χ0) is 15.6. The van der Waals surface area contributed by atoms with Gasteiger partial charge in [-0.05, 0) is 12.1 Å². The van der Waals surface area contributed by atoms with E-state index in [-0.39, 0.29) is 17.0 Å². The molecule has 7 nitrogen and oxygen atoms in total. The van der Waals surface area contributed by atoms with Crippen molar-refractivity contribution in [1.82, 2.24) is 10.0 Å². The summed E-state index contributed by atoms with van der Waals surface area (Å²) in [6.07, 6.45) is 0.605. The molecule has 22 heavy (non-hydrogen) atoms. The molecule has 0 amide bonds. The normalized spacial score (nSPS) is 25.0. The molecular formula is C14H20N2O5S. The zero-order valence-corrected chi connectivity index (χ0v) is 13.2. The molecule has 2 atom stereocenters. The van der Waals surface area contributed by atoms with Crippen molar-refractivity contribution in [2.24, 2.45) is 0 Å². The van der Waals surface area contributed by atoms with Crippen LogP contribution in [0.25, 0.3) is 0 Å². The smallest absolute Gasteiger partial charge is 0.241 e. The molecule has 1 saturated heterocycles. The van der Waals surface area contributed by atoms with Crippen LogP contribution >= 0.6 is 0 Å². The van der Waals surface area contributed by atoms with Crippen LogP contribution < -0.4 is 19.5 Å². The quantitative estimate of drug-likeness (QED) is 0.816. The Morgan fingerprint density at radius 1 is 1.23 bits per heavy atom. The van der Waals surface area contributed by atoms with E-state index in [1.165, 1.54) is 12.1 Å². The van der Waals surface area contributed by atoms with Crippen molar-refractivity contribution in [1.29, 1.82) is 0 Å². The summed E-state index contributed by atoms with van der Waals surface area (Å²) in [5.41, 5.74) is 0. The largest absolute Gasteiger partial charge is 0.490 e. The van der Waals surface area contributed by atoms with E-state index in [9.17, 15) is 8.42 Å². The molecule has 1 aromatic carbocycles. The molecule has 122 valence electrons. The third-order valence-electron chi connectivity index (χ3n) is 3.80. The van der Waals surface area contributed by atoms with Gasteiger partial charge in [0.2, 0.25) is 10.0 Å². The van der Waals surface area contributed by atoms with Gasteiger partial charge in [-0.3, -0.25) is 0 Å². The van der Waals surface area contributed by atoms with Crippen molar-refractivity contribution in [3.8, 4) is 11.5 Å². The highest BCUT2D eigenvalue weighted by atomic mass is 32.2. The molecule has 2 heterocycles. The van der Waals surface area contributed by atoms with Crippen LogP contribution in [0.5, 0.6) is 11.5 Å². The highest BCUT2D eigenvalue weighted by molar-refractivity contribution is 7.89. The first kappa shape index (κ1) is 15.5. The molecule has 2 aliphatic rings. The second-order valence-corrected chi connectivity index (χ2v) is 7.03. The van der Waals surface area contributed by atoms with Gasteiger partial charge in [-0.2, -0.15) is 0 Å². The molecule has 3 rings (SSSR count). The fourth-order valence-electron chi connectivity index (χ4n) is 2.60. The Labute approximate surface area is 130 Å². The lowest BCUT2D eigenvalue weighted by Gasteiger charge is -2.19. The van der Waals surface area contributed by atoms with Gasteiger partial charge in [-0.25, -0.2) is 13.1 Å². The fourth-order valence-corrected chi connectivity index (χ4v) is 3.88. The maximum absolute atomic E-state index is 12.5. The first-order valence-electron chi connectivity index (χ1n) is 7.25. The van der Waals surface area contributed by atoms with Crippen LogP contribution in [0.2, 0.25) is 0 Å². The molecule has 2 N–H and O–H groups in total. The second kappa shape index (κ2) is 6.41. The fraction of sp³-hybridized carbons (Fsp3) is 0.571. The predicted octanol–water partition coefficient (Wildman–Crippen LogP) is 0.113. The topological polar surface area (TPSA) is 85.9 Å². The van der Waals surface area contributed by atoms with E-state index in [1.54, 1.807) is 13.2 Å². The van der Waals surface area contributed by atoms with Crippen LogP contribution in [-0.4, -0.2) is 54.0 Å². The van der Waals surface area contributed by atoms with Gasteiger partial charge < -0.3 is 19.5 Å². The van der Waals surface area contributed by atoms with Gasteiger partial charge in [0.15, 0.2) is 11.5 Å². The SMILES string of the molecule is CO[C@H]1CNC[C@@H]1NS(=O)(=O)c1ccc2c(c1)OCCCO2. The summed E-state index contributed by atoms with van der Waals surface area (Å²) >= 11 is 0. The van der Waals surface area contributed by atoms with Gasteiger partial charge in [-0.1, -0.05) is 0 Å². The highest BCUT2D eigenvalue weighted by Crippen LogP contribution is 2.32. The van der Waals surface area contributed by atoms with Gasteiger partial charge in [0.1, 0.15) is 0 Å². The van der Waals surface area contributed by atoms with Crippen LogP contribution in [0.4, 0.5) is 0 Å². The monoisotopic (exact) mass is 328 g/mol. The number of ether oxygens (including phenoxy) is 3. The van der Waals surface area contributed by atoms with Gasteiger partial charge in [0.05, 0.1) is 30.3 Å². The Morgan fingerprint density at radius 2 is 2.00 bits per heavy atom. The van der Waals surface area contributed by atoms with Gasteiger partial charge in [-0.15, -0.1) is 0 Å². The summed E-state index contributed by atoms with van der Waals surface area (Å²) < 4.78 is 44.1. The lowest BCUT2D eigenvalue weighted by atomic mass is 10.2.